The minimum Gasteiger partial charge on any atom is -0.358 e. The van der Waals surface area contributed by atoms with Crippen LogP contribution in [-0.2, 0) is 6.54 Å². The number of aliphatic imine (C=N–C) groups is 1. The molecule has 2 aromatic carbocycles. The lowest BCUT2D eigenvalue weighted by molar-refractivity contribution is 0.382. The van der Waals surface area contributed by atoms with E-state index in [1.165, 1.54) is 0 Å². The summed E-state index contributed by atoms with van der Waals surface area (Å²) >= 11 is 6.00. The first-order valence-electron chi connectivity index (χ1n) is 7.48. The highest BCUT2D eigenvalue weighted by Gasteiger charge is 2.24. The molecule has 4 rings (SSSR count). The molecular weight excluding hydrogens is 322 g/mol. The summed E-state index contributed by atoms with van der Waals surface area (Å²) < 4.78 is 5.44. The summed E-state index contributed by atoms with van der Waals surface area (Å²) in [5, 5.41) is 14.0. The number of rotatable bonds is 1. The maximum Gasteiger partial charge on any atom is 0.166 e. The zero-order valence-corrected chi connectivity index (χ0v) is 13.6. The van der Waals surface area contributed by atoms with Crippen molar-refractivity contribution in [3.63, 3.8) is 0 Å². The summed E-state index contributed by atoms with van der Waals surface area (Å²) in [6, 6.07) is 15.3. The molecule has 5 heteroatoms. The molecule has 0 radical (unpaired) electrons. The fourth-order valence-electron chi connectivity index (χ4n) is 2.99. The van der Waals surface area contributed by atoms with Gasteiger partial charge in [0.05, 0.1) is 28.6 Å². The van der Waals surface area contributed by atoms with Crippen LogP contribution in [0.2, 0.25) is 5.02 Å². The van der Waals surface area contributed by atoms with Gasteiger partial charge < -0.3 is 4.52 Å². The third kappa shape index (κ3) is 2.31. The number of hydrogen-bond donors (Lipinski definition) is 0. The number of benzene rings is 2. The van der Waals surface area contributed by atoms with Crippen LogP contribution >= 0.6 is 11.6 Å². The van der Waals surface area contributed by atoms with Gasteiger partial charge in [-0.3, -0.25) is 4.99 Å². The highest BCUT2D eigenvalue weighted by atomic mass is 35.5. The van der Waals surface area contributed by atoms with Gasteiger partial charge in [0.1, 0.15) is 6.54 Å². The second kappa shape index (κ2) is 5.63. The third-order valence-corrected chi connectivity index (χ3v) is 4.36. The smallest absolute Gasteiger partial charge is 0.166 e. The summed E-state index contributed by atoms with van der Waals surface area (Å²) in [4.78, 5) is 4.72. The minimum atomic E-state index is 0.407. The number of nitriles is 1. The van der Waals surface area contributed by atoms with Crippen molar-refractivity contribution in [2.24, 2.45) is 4.99 Å². The number of halogens is 1. The fourth-order valence-corrected chi connectivity index (χ4v) is 3.11. The monoisotopic (exact) mass is 333 g/mol. The molecule has 0 spiro atoms. The largest absolute Gasteiger partial charge is 0.358 e. The molecule has 0 fully saturated rings. The second-order valence-corrected chi connectivity index (χ2v) is 6.05. The van der Waals surface area contributed by atoms with Gasteiger partial charge >= 0.3 is 0 Å². The van der Waals surface area contributed by atoms with Gasteiger partial charge in [-0.25, -0.2) is 0 Å². The summed E-state index contributed by atoms with van der Waals surface area (Å²) in [5.41, 5.74) is 6.03. The van der Waals surface area contributed by atoms with Crippen LogP contribution in [0.4, 0.5) is 0 Å². The average Bonchev–Trinajstić information content (AvgIpc) is 2.88. The van der Waals surface area contributed by atoms with Crippen LogP contribution < -0.4 is 0 Å². The Hall–Kier alpha value is -2.90. The molecule has 0 aliphatic carbocycles. The van der Waals surface area contributed by atoms with Crippen molar-refractivity contribution in [3.05, 3.63) is 75.6 Å². The van der Waals surface area contributed by atoms with Crippen molar-refractivity contribution < 1.29 is 4.52 Å². The normalized spacial score (nSPS) is 12.6. The predicted molar refractivity (Wildman–Crippen MR) is 92.2 cm³/mol. The van der Waals surface area contributed by atoms with Crippen LogP contribution in [0.3, 0.4) is 0 Å². The zero-order valence-electron chi connectivity index (χ0n) is 12.9. The van der Waals surface area contributed by atoms with Crippen LogP contribution in [0.1, 0.15) is 28.1 Å². The molecule has 116 valence electrons. The molecule has 0 saturated carbocycles. The summed E-state index contributed by atoms with van der Waals surface area (Å²) in [6.45, 7) is 2.32. The fraction of sp³-hybridized carbons (Fsp3) is 0.105. The van der Waals surface area contributed by atoms with E-state index in [2.05, 4.69) is 11.2 Å². The first-order chi connectivity index (χ1) is 11.7. The molecular formula is C19H12ClN3O. The molecule has 24 heavy (non-hydrogen) atoms. The van der Waals surface area contributed by atoms with Crippen LogP contribution in [0, 0.1) is 18.3 Å². The van der Waals surface area contributed by atoms with E-state index in [-0.39, 0.29) is 0 Å². The molecule has 0 atom stereocenters. The minimum absolute atomic E-state index is 0.407. The molecule has 1 aromatic heterocycles. The van der Waals surface area contributed by atoms with E-state index in [4.69, 9.17) is 21.1 Å². The Morgan fingerprint density at radius 1 is 1.12 bits per heavy atom. The molecule has 0 N–H and O–H groups in total. The van der Waals surface area contributed by atoms with Crippen LogP contribution in [-0.4, -0.2) is 10.9 Å². The Morgan fingerprint density at radius 2 is 1.92 bits per heavy atom. The van der Waals surface area contributed by atoms with E-state index in [0.29, 0.717) is 17.1 Å². The number of hydrogen-bond acceptors (Lipinski definition) is 4. The Kier molecular flexibility index (Phi) is 3.44. The van der Waals surface area contributed by atoms with Gasteiger partial charge in [-0.1, -0.05) is 35.0 Å². The average molecular weight is 334 g/mol. The lowest BCUT2D eigenvalue weighted by Gasteiger charge is -2.11. The summed E-state index contributed by atoms with van der Waals surface area (Å²) in [5.74, 6) is 0.738. The molecule has 2 heterocycles. The van der Waals surface area contributed by atoms with Gasteiger partial charge in [-0.15, -0.1) is 0 Å². The maximum absolute atomic E-state index is 9.27. The summed E-state index contributed by atoms with van der Waals surface area (Å²) in [7, 11) is 0. The van der Waals surface area contributed by atoms with E-state index in [1.54, 1.807) is 6.07 Å². The Morgan fingerprint density at radius 3 is 2.67 bits per heavy atom. The van der Waals surface area contributed by atoms with E-state index in [9.17, 15) is 5.26 Å². The van der Waals surface area contributed by atoms with Crippen LogP contribution in [0.5, 0.6) is 0 Å². The third-order valence-electron chi connectivity index (χ3n) is 4.10. The van der Waals surface area contributed by atoms with Gasteiger partial charge in [-0.2, -0.15) is 5.26 Å². The van der Waals surface area contributed by atoms with Crippen LogP contribution in [0.25, 0.3) is 11.1 Å². The zero-order chi connectivity index (χ0) is 16.7. The van der Waals surface area contributed by atoms with Gasteiger partial charge in [-0.05, 0) is 36.8 Å². The molecule has 0 amide bonds. The Balaban J connectivity index is 1.99. The highest BCUT2D eigenvalue weighted by molar-refractivity contribution is 6.30. The van der Waals surface area contributed by atoms with Crippen molar-refractivity contribution in [1.29, 1.82) is 5.26 Å². The highest BCUT2D eigenvalue weighted by Crippen LogP contribution is 2.35. The summed E-state index contributed by atoms with van der Waals surface area (Å²) in [6.07, 6.45) is 0. The van der Waals surface area contributed by atoms with E-state index in [0.717, 1.165) is 39.4 Å². The molecule has 0 bridgehead atoms. The maximum atomic E-state index is 9.27. The van der Waals surface area contributed by atoms with Gasteiger partial charge in [0.15, 0.2) is 5.76 Å². The molecule has 0 saturated heterocycles. The number of aromatic nitrogens is 1. The molecule has 1 aliphatic rings. The quantitative estimate of drug-likeness (QED) is 0.657. The Labute approximate surface area is 144 Å². The topological polar surface area (TPSA) is 62.2 Å². The second-order valence-electron chi connectivity index (χ2n) is 5.61. The number of aryl methyl sites for hydroxylation is 1. The van der Waals surface area contributed by atoms with Crippen molar-refractivity contribution in [1.82, 2.24) is 5.16 Å². The van der Waals surface area contributed by atoms with Crippen molar-refractivity contribution in [3.8, 4) is 17.2 Å². The number of nitrogens with zero attached hydrogens (tertiary/aromatic N) is 3. The standard InChI is InChI=1S/C19H12ClN3O/c1-11-18-15-7-2-12(9-21)8-16(15)19(22-10-17(18)24-23-11)13-3-5-14(20)6-4-13/h2-8H,10H2,1H3. The van der Waals surface area contributed by atoms with Crippen molar-refractivity contribution >= 4 is 17.3 Å². The van der Waals surface area contributed by atoms with Gasteiger partial charge in [0, 0.05) is 16.1 Å². The predicted octanol–water partition coefficient (Wildman–Crippen LogP) is 4.53. The first-order valence-corrected chi connectivity index (χ1v) is 7.85. The Bertz CT molecular complexity index is 1010. The van der Waals surface area contributed by atoms with E-state index < -0.39 is 0 Å². The molecule has 1 aliphatic heterocycles. The number of fused-ring (bicyclic) bond motifs is 3. The van der Waals surface area contributed by atoms with Gasteiger partial charge in [0.2, 0.25) is 0 Å². The van der Waals surface area contributed by atoms with Crippen molar-refractivity contribution in [2.75, 3.05) is 0 Å². The lowest BCUT2D eigenvalue weighted by atomic mass is 9.92. The molecule has 0 unspecified atom stereocenters. The van der Waals surface area contributed by atoms with Crippen LogP contribution in [0.15, 0.2) is 52.0 Å². The SMILES string of the molecule is Cc1noc2c1-c1ccc(C#N)cc1C(c1ccc(Cl)cc1)=NC2. The molecule has 3 aromatic rings. The van der Waals surface area contributed by atoms with E-state index in [1.807, 2.05) is 43.3 Å². The van der Waals surface area contributed by atoms with E-state index >= 15 is 0 Å². The van der Waals surface area contributed by atoms with Gasteiger partial charge in [0.25, 0.3) is 0 Å². The van der Waals surface area contributed by atoms with Crippen molar-refractivity contribution in [2.45, 2.75) is 13.5 Å². The molecule has 4 nitrogen and oxygen atoms in total. The first kappa shape index (κ1) is 14.7. The lowest BCUT2D eigenvalue weighted by Crippen LogP contribution is -2.05.